The van der Waals surface area contributed by atoms with Gasteiger partial charge in [0.05, 0.1) is 23.6 Å². The lowest BCUT2D eigenvalue weighted by Gasteiger charge is -2.30. The van der Waals surface area contributed by atoms with E-state index in [0.717, 1.165) is 62.1 Å². The van der Waals surface area contributed by atoms with Crippen molar-refractivity contribution < 1.29 is 14.3 Å². The van der Waals surface area contributed by atoms with Gasteiger partial charge in [-0.3, -0.25) is 4.79 Å². The lowest BCUT2D eigenvalue weighted by atomic mass is 9.97. The quantitative estimate of drug-likeness (QED) is 0.504. The minimum atomic E-state index is -0.0195. The van der Waals surface area contributed by atoms with Crippen LogP contribution < -0.4 is 4.74 Å². The molecule has 0 amide bonds. The molecule has 0 spiro atoms. The van der Waals surface area contributed by atoms with E-state index in [9.17, 15) is 4.79 Å². The van der Waals surface area contributed by atoms with E-state index in [1.54, 1.807) is 0 Å². The van der Waals surface area contributed by atoms with Crippen molar-refractivity contribution in [2.24, 2.45) is 5.92 Å². The number of hydrogen-bond acceptors (Lipinski definition) is 4. The van der Waals surface area contributed by atoms with Gasteiger partial charge in [0, 0.05) is 0 Å². The van der Waals surface area contributed by atoms with E-state index in [4.69, 9.17) is 9.47 Å². The topological polar surface area (TPSA) is 38.8 Å². The Morgan fingerprint density at radius 3 is 2.70 bits per heavy atom. The molecule has 1 heterocycles. The zero-order chi connectivity index (χ0) is 16.5. The third-order valence-electron chi connectivity index (χ3n) is 4.17. The van der Waals surface area contributed by atoms with Gasteiger partial charge in [-0.15, -0.1) is 0 Å². The van der Waals surface area contributed by atoms with Gasteiger partial charge in [0.2, 0.25) is 0 Å². The number of esters is 1. The Morgan fingerprint density at radius 2 is 2.00 bits per heavy atom. The highest BCUT2D eigenvalue weighted by molar-refractivity contribution is 9.10. The molecular formula is C18H26BrNO3. The molecule has 0 saturated carbocycles. The molecule has 1 aliphatic heterocycles. The molecule has 4 nitrogen and oxygen atoms in total. The Balaban J connectivity index is 1.56. The molecule has 1 aromatic carbocycles. The number of carbonyl (C=O) groups excluding carboxylic acids is 1. The fourth-order valence-electron chi connectivity index (χ4n) is 2.83. The van der Waals surface area contributed by atoms with Crippen LogP contribution in [-0.2, 0) is 9.53 Å². The number of nitrogens with zero attached hydrogens (tertiary/aromatic N) is 1. The summed E-state index contributed by atoms with van der Waals surface area (Å²) in [5.74, 6) is 0.988. The summed E-state index contributed by atoms with van der Waals surface area (Å²) in [6.45, 7) is 6.15. The number of likely N-dealkylation sites (tertiary alicyclic amines) is 1. The number of para-hydroxylation sites is 1. The Morgan fingerprint density at radius 1 is 1.26 bits per heavy atom. The summed E-state index contributed by atoms with van der Waals surface area (Å²) >= 11 is 3.49. The molecule has 1 fully saturated rings. The minimum Gasteiger partial charge on any atom is -0.492 e. The summed E-state index contributed by atoms with van der Waals surface area (Å²) in [4.78, 5) is 14.1. The number of carbonyl (C=O) groups is 1. The number of hydrogen-bond donors (Lipinski definition) is 0. The van der Waals surface area contributed by atoms with Crippen molar-refractivity contribution in [2.45, 2.75) is 32.6 Å². The molecule has 5 heteroatoms. The first-order valence-electron chi connectivity index (χ1n) is 8.47. The maximum atomic E-state index is 11.7. The van der Waals surface area contributed by atoms with Gasteiger partial charge in [-0.05, 0) is 80.3 Å². The van der Waals surface area contributed by atoms with E-state index in [0.29, 0.717) is 6.61 Å². The number of unbranched alkanes of at least 4 members (excludes halogenated alkanes) is 1. The summed E-state index contributed by atoms with van der Waals surface area (Å²) in [6.07, 6.45) is 4.01. The SMILES string of the molecule is CCOC(=O)C1CCN(CCCCOc2ccccc2Br)CC1. The molecule has 23 heavy (non-hydrogen) atoms. The molecule has 0 atom stereocenters. The largest absolute Gasteiger partial charge is 0.492 e. The molecule has 1 aromatic rings. The molecular weight excluding hydrogens is 358 g/mol. The third-order valence-corrected chi connectivity index (χ3v) is 4.83. The van der Waals surface area contributed by atoms with E-state index in [-0.39, 0.29) is 11.9 Å². The van der Waals surface area contributed by atoms with Crippen molar-refractivity contribution in [1.29, 1.82) is 0 Å². The maximum Gasteiger partial charge on any atom is 0.309 e. The van der Waals surface area contributed by atoms with Gasteiger partial charge < -0.3 is 14.4 Å². The van der Waals surface area contributed by atoms with Crippen LogP contribution in [0.4, 0.5) is 0 Å². The van der Waals surface area contributed by atoms with Crippen LogP contribution in [0.2, 0.25) is 0 Å². The van der Waals surface area contributed by atoms with E-state index < -0.39 is 0 Å². The highest BCUT2D eigenvalue weighted by Crippen LogP contribution is 2.24. The van der Waals surface area contributed by atoms with Gasteiger partial charge in [-0.2, -0.15) is 0 Å². The van der Waals surface area contributed by atoms with E-state index >= 15 is 0 Å². The van der Waals surface area contributed by atoms with Crippen LogP contribution in [0, 0.1) is 5.92 Å². The standard InChI is InChI=1S/C18H26BrNO3/c1-2-22-18(21)15-9-12-20(13-10-15)11-5-6-14-23-17-8-4-3-7-16(17)19/h3-4,7-8,15H,2,5-6,9-14H2,1H3. The predicted molar refractivity (Wildman–Crippen MR) is 94.7 cm³/mol. The lowest BCUT2D eigenvalue weighted by molar-refractivity contribution is -0.149. The second-order valence-electron chi connectivity index (χ2n) is 5.85. The smallest absolute Gasteiger partial charge is 0.309 e. The zero-order valence-corrected chi connectivity index (χ0v) is 15.4. The van der Waals surface area contributed by atoms with Crippen molar-refractivity contribution in [1.82, 2.24) is 4.90 Å². The minimum absolute atomic E-state index is 0.0195. The summed E-state index contributed by atoms with van der Waals surface area (Å²) < 4.78 is 11.9. The van der Waals surface area contributed by atoms with Crippen LogP contribution in [0.15, 0.2) is 28.7 Å². The average molecular weight is 384 g/mol. The van der Waals surface area contributed by atoms with Crippen molar-refractivity contribution >= 4 is 21.9 Å². The van der Waals surface area contributed by atoms with Gasteiger partial charge in [-0.1, -0.05) is 12.1 Å². The first-order valence-corrected chi connectivity index (χ1v) is 9.26. The first-order chi connectivity index (χ1) is 11.2. The molecule has 1 saturated heterocycles. The molecule has 0 radical (unpaired) electrons. The summed E-state index contributed by atoms with van der Waals surface area (Å²) in [6, 6.07) is 7.93. The Labute approximate surface area is 147 Å². The fraction of sp³-hybridized carbons (Fsp3) is 0.611. The van der Waals surface area contributed by atoms with Crippen LogP contribution in [0.25, 0.3) is 0 Å². The van der Waals surface area contributed by atoms with E-state index in [1.807, 2.05) is 31.2 Å². The summed E-state index contributed by atoms with van der Waals surface area (Å²) in [5, 5.41) is 0. The van der Waals surface area contributed by atoms with Crippen molar-refractivity contribution in [2.75, 3.05) is 32.8 Å². The van der Waals surface area contributed by atoms with Crippen LogP contribution in [-0.4, -0.2) is 43.7 Å². The van der Waals surface area contributed by atoms with Crippen LogP contribution in [0.5, 0.6) is 5.75 Å². The monoisotopic (exact) mass is 383 g/mol. The highest BCUT2D eigenvalue weighted by Gasteiger charge is 2.25. The predicted octanol–water partition coefficient (Wildman–Crippen LogP) is 3.88. The number of halogens is 1. The molecule has 128 valence electrons. The Bertz CT molecular complexity index is 487. The Kier molecular flexibility index (Phi) is 7.89. The van der Waals surface area contributed by atoms with Crippen LogP contribution >= 0.6 is 15.9 Å². The average Bonchev–Trinajstić information content (AvgIpc) is 2.57. The first kappa shape index (κ1) is 18.3. The number of ether oxygens (including phenoxy) is 2. The van der Waals surface area contributed by atoms with Crippen LogP contribution in [0.3, 0.4) is 0 Å². The van der Waals surface area contributed by atoms with Gasteiger partial charge >= 0.3 is 5.97 Å². The van der Waals surface area contributed by atoms with E-state index in [2.05, 4.69) is 20.8 Å². The zero-order valence-electron chi connectivity index (χ0n) is 13.8. The van der Waals surface area contributed by atoms with Crippen molar-refractivity contribution in [3.8, 4) is 5.75 Å². The second-order valence-corrected chi connectivity index (χ2v) is 6.71. The molecule has 0 bridgehead atoms. The van der Waals surface area contributed by atoms with Gasteiger partial charge in [0.1, 0.15) is 5.75 Å². The molecule has 0 aromatic heterocycles. The molecule has 2 rings (SSSR count). The van der Waals surface area contributed by atoms with E-state index in [1.165, 1.54) is 0 Å². The van der Waals surface area contributed by atoms with Gasteiger partial charge in [-0.25, -0.2) is 0 Å². The molecule has 0 aliphatic carbocycles. The molecule has 1 aliphatic rings. The number of benzene rings is 1. The van der Waals surface area contributed by atoms with Crippen LogP contribution in [0.1, 0.15) is 32.6 Å². The normalized spacial score (nSPS) is 16.3. The molecule has 0 unspecified atom stereocenters. The lowest BCUT2D eigenvalue weighted by Crippen LogP contribution is -2.37. The summed E-state index contributed by atoms with van der Waals surface area (Å²) in [5.41, 5.74) is 0. The van der Waals surface area contributed by atoms with Gasteiger partial charge in [0.15, 0.2) is 0 Å². The highest BCUT2D eigenvalue weighted by atomic mass is 79.9. The maximum absolute atomic E-state index is 11.7. The second kappa shape index (κ2) is 9.93. The van der Waals surface area contributed by atoms with Crippen molar-refractivity contribution in [3.63, 3.8) is 0 Å². The number of rotatable bonds is 8. The Hall–Kier alpha value is -1.07. The fourth-order valence-corrected chi connectivity index (χ4v) is 3.23. The third kappa shape index (κ3) is 6.15. The molecule has 0 N–H and O–H groups in total. The number of piperidine rings is 1. The van der Waals surface area contributed by atoms with Gasteiger partial charge in [0.25, 0.3) is 0 Å². The summed E-state index contributed by atoms with van der Waals surface area (Å²) in [7, 11) is 0. The van der Waals surface area contributed by atoms with Crippen molar-refractivity contribution in [3.05, 3.63) is 28.7 Å².